The first-order chi connectivity index (χ1) is 10.2. The number of oxime groups is 1. The highest BCUT2D eigenvalue weighted by molar-refractivity contribution is 6.00. The molecule has 1 aromatic carbocycles. The zero-order chi connectivity index (χ0) is 16.5. The summed E-state index contributed by atoms with van der Waals surface area (Å²) in [6.07, 6.45) is 0. The summed E-state index contributed by atoms with van der Waals surface area (Å²) in [5, 5.41) is 4.44. The van der Waals surface area contributed by atoms with E-state index in [0.717, 1.165) is 10.9 Å². The van der Waals surface area contributed by atoms with Crippen molar-refractivity contribution in [3.63, 3.8) is 0 Å². The van der Waals surface area contributed by atoms with Gasteiger partial charge in [-0.3, -0.25) is 0 Å². The molecular formula is C17H19NO4. The van der Waals surface area contributed by atoms with E-state index in [0.29, 0.717) is 11.3 Å². The predicted molar refractivity (Wildman–Crippen MR) is 85.2 cm³/mol. The summed E-state index contributed by atoms with van der Waals surface area (Å²) in [4.78, 5) is 27.4. The fraction of sp³-hybridized carbons (Fsp3) is 0.353. The normalized spacial score (nSPS) is 12.5. The summed E-state index contributed by atoms with van der Waals surface area (Å²) in [6.45, 7) is 9.18. The lowest BCUT2D eigenvalue weighted by Gasteiger charge is -2.19. The molecule has 0 unspecified atom stereocenters. The van der Waals surface area contributed by atoms with Crippen molar-refractivity contribution in [3.05, 3.63) is 45.8 Å². The molecule has 5 heteroatoms. The van der Waals surface area contributed by atoms with Crippen LogP contribution in [0.1, 0.15) is 45.7 Å². The van der Waals surface area contributed by atoms with E-state index >= 15 is 0 Å². The molecular weight excluding hydrogens is 282 g/mol. The molecule has 0 N–H and O–H groups in total. The number of hydrogen-bond donors (Lipinski definition) is 0. The van der Waals surface area contributed by atoms with Gasteiger partial charge >= 0.3 is 11.6 Å². The smallest absolute Gasteiger partial charge is 0.345 e. The summed E-state index contributed by atoms with van der Waals surface area (Å²) in [5.74, 6) is -0.542. The number of rotatable bonds is 2. The Labute approximate surface area is 128 Å². The summed E-state index contributed by atoms with van der Waals surface area (Å²) in [6, 6.07) is 7.43. The van der Waals surface area contributed by atoms with E-state index in [4.69, 9.17) is 4.42 Å². The SMILES string of the molecule is CC(=O)O/N=C(\C)c1cc2cc(C(C)(C)C)ccc2oc1=O. The Morgan fingerprint density at radius 1 is 1.18 bits per heavy atom. The van der Waals surface area contributed by atoms with Crippen LogP contribution in [0.25, 0.3) is 11.0 Å². The monoisotopic (exact) mass is 301 g/mol. The van der Waals surface area contributed by atoms with Crippen LogP contribution in [0.15, 0.2) is 38.6 Å². The van der Waals surface area contributed by atoms with Gasteiger partial charge < -0.3 is 9.25 Å². The predicted octanol–water partition coefficient (Wildman–Crippen LogP) is 3.38. The molecule has 1 heterocycles. The van der Waals surface area contributed by atoms with Gasteiger partial charge in [-0.1, -0.05) is 32.0 Å². The lowest BCUT2D eigenvalue weighted by atomic mass is 9.86. The maximum Gasteiger partial charge on any atom is 0.345 e. The molecule has 2 aromatic rings. The largest absolute Gasteiger partial charge is 0.422 e. The molecule has 0 saturated heterocycles. The van der Waals surface area contributed by atoms with Crippen LogP contribution in [-0.4, -0.2) is 11.7 Å². The van der Waals surface area contributed by atoms with E-state index in [9.17, 15) is 9.59 Å². The molecule has 0 aliphatic heterocycles. The first-order valence-corrected chi connectivity index (χ1v) is 6.99. The molecule has 0 atom stereocenters. The van der Waals surface area contributed by atoms with E-state index in [1.54, 1.807) is 19.1 Å². The molecule has 22 heavy (non-hydrogen) atoms. The van der Waals surface area contributed by atoms with E-state index in [-0.39, 0.29) is 11.0 Å². The molecule has 0 aliphatic rings. The zero-order valence-electron chi connectivity index (χ0n) is 13.4. The fourth-order valence-corrected chi connectivity index (χ4v) is 2.02. The van der Waals surface area contributed by atoms with Gasteiger partial charge in [-0.15, -0.1) is 0 Å². The third-order valence-electron chi connectivity index (χ3n) is 3.30. The maximum absolute atomic E-state index is 12.0. The molecule has 0 amide bonds. The first kappa shape index (κ1) is 15.9. The lowest BCUT2D eigenvalue weighted by molar-refractivity contribution is -0.140. The molecule has 116 valence electrons. The van der Waals surface area contributed by atoms with Gasteiger partial charge in [0.15, 0.2) is 0 Å². The quantitative estimate of drug-likeness (QED) is 0.369. The summed E-state index contributed by atoms with van der Waals surface area (Å²) in [7, 11) is 0. The van der Waals surface area contributed by atoms with Gasteiger partial charge in [0, 0.05) is 12.3 Å². The van der Waals surface area contributed by atoms with Gasteiger partial charge in [0.1, 0.15) is 5.58 Å². The van der Waals surface area contributed by atoms with Crippen LogP contribution in [0, 0.1) is 0 Å². The standard InChI is InChI=1S/C17H19NO4/c1-10(18-22-11(2)19)14-9-12-8-13(17(3,4)5)6-7-15(12)21-16(14)20/h6-9H,1-5H3/b18-10+. The maximum atomic E-state index is 12.0. The highest BCUT2D eigenvalue weighted by Crippen LogP contribution is 2.26. The molecule has 5 nitrogen and oxygen atoms in total. The van der Waals surface area contributed by atoms with Crippen LogP contribution < -0.4 is 5.63 Å². The van der Waals surface area contributed by atoms with Crippen LogP contribution in [0.4, 0.5) is 0 Å². The Hall–Kier alpha value is -2.43. The average molecular weight is 301 g/mol. The molecule has 0 saturated carbocycles. The number of carbonyl (C=O) groups excluding carboxylic acids is 1. The minimum Gasteiger partial charge on any atom is -0.422 e. The minimum absolute atomic E-state index is 0.00857. The van der Waals surface area contributed by atoms with E-state index < -0.39 is 11.6 Å². The number of fused-ring (bicyclic) bond motifs is 1. The van der Waals surface area contributed by atoms with Crippen molar-refractivity contribution < 1.29 is 14.0 Å². The van der Waals surface area contributed by atoms with E-state index in [1.165, 1.54) is 6.92 Å². The van der Waals surface area contributed by atoms with Gasteiger partial charge in [-0.2, -0.15) is 0 Å². The van der Waals surface area contributed by atoms with Gasteiger partial charge in [-0.05, 0) is 36.1 Å². The molecule has 0 bridgehead atoms. The van der Waals surface area contributed by atoms with Crippen molar-refractivity contribution in [2.24, 2.45) is 5.16 Å². The third-order valence-corrected chi connectivity index (χ3v) is 3.30. The van der Waals surface area contributed by atoms with Crippen molar-refractivity contribution in [2.45, 2.75) is 40.0 Å². The van der Waals surface area contributed by atoms with Crippen molar-refractivity contribution in [2.75, 3.05) is 0 Å². The Morgan fingerprint density at radius 3 is 2.45 bits per heavy atom. The molecule has 2 rings (SSSR count). The second kappa shape index (κ2) is 5.75. The Kier molecular flexibility index (Phi) is 4.17. The molecule has 0 spiro atoms. The summed E-state index contributed by atoms with van der Waals surface area (Å²) in [5.41, 5.74) is 1.71. The van der Waals surface area contributed by atoms with E-state index in [2.05, 4.69) is 30.8 Å². The Balaban J connectivity index is 2.57. The Morgan fingerprint density at radius 2 is 1.86 bits per heavy atom. The number of carbonyl (C=O) groups is 1. The van der Waals surface area contributed by atoms with Gasteiger partial charge in [0.25, 0.3) is 0 Å². The van der Waals surface area contributed by atoms with Crippen LogP contribution >= 0.6 is 0 Å². The van der Waals surface area contributed by atoms with Crippen LogP contribution in [-0.2, 0) is 15.0 Å². The van der Waals surface area contributed by atoms with Crippen LogP contribution in [0.2, 0.25) is 0 Å². The second-order valence-corrected chi connectivity index (χ2v) is 6.21. The summed E-state index contributed by atoms with van der Waals surface area (Å²) >= 11 is 0. The highest BCUT2D eigenvalue weighted by Gasteiger charge is 2.15. The van der Waals surface area contributed by atoms with E-state index in [1.807, 2.05) is 12.1 Å². The second-order valence-electron chi connectivity index (χ2n) is 6.21. The first-order valence-electron chi connectivity index (χ1n) is 6.99. The van der Waals surface area contributed by atoms with Crippen molar-refractivity contribution in [1.29, 1.82) is 0 Å². The number of hydrogen-bond acceptors (Lipinski definition) is 5. The fourth-order valence-electron chi connectivity index (χ4n) is 2.02. The van der Waals surface area contributed by atoms with Crippen molar-refractivity contribution >= 4 is 22.7 Å². The third kappa shape index (κ3) is 3.42. The topological polar surface area (TPSA) is 68.9 Å². The van der Waals surface area contributed by atoms with Gasteiger partial charge in [0.2, 0.25) is 0 Å². The average Bonchev–Trinajstić information content (AvgIpc) is 2.42. The minimum atomic E-state index is -0.542. The molecule has 1 aromatic heterocycles. The Bertz CT molecular complexity index is 809. The highest BCUT2D eigenvalue weighted by atomic mass is 16.7. The number of nitrogens with zero attached hydrogens (tertiary/aromatic N) is 1. The molecule has 0 fully saturated rings. The van der Waals surface area contributed by atoms with Gasteiger partial charge in [-0.25, -0.2) is 9.59 Å². The molecule has 0 aliphatic carbocycles. The van der Waals surface area contributed by atoms with Crippen LogP contribution in [0.3, 0.4) is 0 Å². The zero-order valence-corrected chi connectivity index (χ0v) is 13.4. The lowest BCUT2D eigenvalue weighted by Crippen LogP contribution is -2.14. The molecule has 0 radical (unpaired) electrons. The number of benzene rings is 1. The van der Waals surface area contributed by atoms with Gasteiger partial charge in [0.05, 0.1) is 11.3 Å². The van der Waals surface area contributed by atoms with Crippen LogP contribution in [0.5, 0.6) is 0 Å². The van der Waals surface area contributed by atoms with Crippen molar-refractivity contribution in [3.8, 4) is 0 Å². The summed E-state index contributed by atoms with van der Waals surface area (Å²) < 4.78 is 5.31. The van der Waals surface area contributed by atoms with Crippen molar-refractivity contribution in [1.82, 2.24) is 0 Å².